The minimum absolute atomic E-state index is 0.149. The van der Waals surface area contributed by atoms with Gasteiger partial charge in [-0.15, -0.1) is 0 Å². The van der Waals surface area contributed by atoms with Crippen LogP contribution in [0.1, 0.15) is 87.8 Å². The first kappa shape index (κ1) is 21.4. The first-order valence-electron chi connectivity index (χ1n) is 11.3. The molecule has 0 radical (unpaired) electrons. The summed E-state index contributed by atoms with van der Waals surface area (Å²) in [5, 5.41) is 8.22. The molecule has 7 heteroatoms. The monoisotopic (exact) mass is 421 g/mol. The van der Waals surface area contributed by atoms with Gasteiger partial charge in [0.25, 0.3) is 11.8 Å². The van der Waals surface area contributed by atoms with Crippen molar-refractivity contribution in [2.24, 2.45) is 10.9 Å². The van der Waals surface area contributed by atoms with Gasteiger partial charge in [0, 0.05) is 29.9 Å². The van der Waals surface area contributed by atoms with E-state index in [-0.39, 0.29) is 24.4 Å². The van der Waals surface area contributed by atoms with Gasteiger partial charge in [0.05, 0.1) is 23.1 Å². The largest absolute Gasteiger partial charge is 0.351 e. The van der Waals surface area contributed by atoms with Crippen LogP contribution in [0.4, 0.5) is 0 Å². The highest BCUT2D eigenvalue weighted by atomic mass is 16.2. The highest BCUT2D eigenvalue weighted by molar-refractivity contribution is 6.07. The van der Waals surface area contributed by atoms with E-state index in [0.717, 1.165) is 35.1 Å². The van der Waals surface area contributed by atoms with Crippen molar-refractivity contribution in [1.82, 2.24) is 20.1 Å². The average Bonchev–Trinajstić information content (AvgIpc) is 3.17. The maximum atomic E-state index is 13.3. The molecule has 164 valence electrons. The Kier molecular flexibility index (Phi) is 6.03. The molecule has 2 amide bonds. The third-order valence-corrected chi connectivity index (χ3v) is 6.38. The number of fused-ring (bicyclic) bond motifs is 1. The fourth-order valence-electron chi connectivity index (χ4n) is 4.66. The van der Waals surface area contributed by atoms with Crippen LogP contribution in [0.25, 0.3) is 11.0 Å². The first-order valence-corrected chi connectivity index (χ1v) is 11.3. The molecule has 0 saturated heterocycles. The van der Waals surface area contributed by atoms with Crippen LogP contribution < -0.4 is 5.32 Å². The van der Waals surface area contributed by atoms with Crippen molar-refractivity contribution in [2.75, 3.05) is 6.54 Å². The van der Waals surface area contributed by atoms with E-state index < -0.39 is 5.92 Å². The smallest absolute Gasteiger partial charge is 0.254 e. The quantitative estimate of drug-likeness (QED) is 0.777. The Bertz CT molecular complexity index is 1070. The maximum Gasteiger partial charge on any atom is 0.254 e. The lowest BCUT2D eigenvalue weighted by Crippen LogP contribution is -2.34. The van der Waals surface area contributed by atoms with Gasteiger partial charge in [-0.2, -0.15) is 5.10 Å². The number of nitrogens with one attached hydrogen (secondary N) is 1. The molecule has 1 aliphatic carbocycles. The molecular weight excluding hydrogens is 390 g/mol. The van der Waals surface area contributed by atoms with Crippen molar-refractivity contribution in [2.45, 2.75) is 71.8 Å². The Morgan fingerprint density at radius 3 is 2.65 bits per heavy atom. The third kappa shape index (κ3) is 4.31. The summed E-state index contributed by atoms with van der Waals surface area (Å²) in [6.45, 7) is 8.08. The summed E-state index contributed by atoms with van der Waals surface area (Å²) in [5.74, 6) is -0.434. The molecule has 3 heterocycles. The topological polar surface area (TPSA) is 89.2 Å². The normalized spacial score (nSPS) is 20.2. The van der Waals surface area contributed by atoms with Gasteiger partial charge in [-0.1, -0.05) is 24.8 Å². The van der Waals surface area contributed by atoms with Crippen LogP contribution in [-0.4, -0.2) is 38.8 Å². The number of aromatic nitrogens is 3. The van der Waals surface area contributed by atoms with Crippen LogP contribution in [0.2, 0.25) is 0 Å². The molecule has 2 aromatic heterocycles. The van der Waals surface area contributed by atoms with Crippen LogP contribution in [0.5, 0.6) is 0 Å². The molecule has 31 heavy (non-hydrogen) atoms. The SMILES string of the molecule is CC1=CC(C)=NC(=O)C1CNC(=O)c1cc(C2CCCCC2)nc2c1cnn2C(C)C. The first-order chi connectivity index (χ1) is 14.8. The number of rotatable bonds is 5. The van der Waals surface area contributed by atoms with Gasteiger partial charge >= 0.3 is 0 Å². The fourth-order valence-corrected chi connectivity index (χ4v) is 4.66. The van der Waals surface area contributed by atoms with Crippen molar-refractivity contribution < 1.29 is 9.59 Å². The Balaban J connectivity index is 1.64. The third-order valence-electron chi connectivity index (χ3n) is 6.38. The fraction of sp³-hybridized carbons (Fsp3) is 0.542. The highest BCUT2D eigenvalue weighted by Crippen LogP contribution is 2.34. The summed E-state index contributed by atoms with van der Waals surface area (Å²) in [7, 11) is 0. The second kappa shape index (κ2) is 8.73. The van der Waals surface area contributed by atoms with Gasteiger partial charge < -0.3 is 5.32 Å². The number of dihydropyridines is 1. The molecule has 2 aliphatic rings. The number of carbonyl (C=O) groups excluding carboxylic acids is 2. The van der Waals surface area contributed by atoms with E-state index >= 15 is 0 Å². The number of allylic oxidation sites excluding steroid dienone is 1. The molecule has 1 saturated carbocycles. The van der Waals surface area contributed by atoms with E-state index in [2.05, 4.69) is 29.3 Å². The Hall–Kier alpha value is -2.83. The van der Waals surface area contributed by atoms with Crippen LogP contribution >= 0.6 is 0 Å². The van der Waals surface area contributed by atoms with Gasteiger partial charge in [0.1, 0.15) is 0 Å². The molecule has 1 aliphatic heterocycles. The zero-order chi connectivity index (χ0) is 22.1. The molecule has 1 unspecified atom stereocenters. The highest BCUT2D eigenvalue weighted by Gasteiger charge is 2.26. The van der Waals surface area contributed by atoms with Gasteiger partial charge in [-0.3, -0.25) is 9.59 Å². The molecule has 1 fully saturated rings. The van der Waals surface area contributed by atoms with E-state index in [4.69, 9.17) is 4.98 Å². The number of nitrogens with zero attached hydrogens (tertiary/aromatic N) is 4. The summed E-state index contributed by atoms with van der Waals surface area (Å²) in [4.78, 5) is 34.5. The number of pyridine rings is 1. The van der Waals surface area contributed by atoms with E-state index in [1.54, 1.807) is 6.20 Å². The lowest BCUT2D eigenvalue weighted by Gasteiger charge is -2.22. The van der Waals surface area contributed by atoms with E-state index in [9.17, 15) is 9.59 Å². The summed E-state index contributed by atoms with van der Waals surface area (Å²) in [5.41, 5.74) is 3.95. The zero-order valence-electron chi connectivity index (χ0n) is 18.8. The van der Waals surface area contributed by atoms with E-state index in [1.807, 2.05) is 30.7 Å². The minimum Gasteiger partial charge on any atom is -0.351 e. The molecule has 0 spiro atoms. The van der Waals surface area contributed by atoms with E-state index in [0.29, 0.717) is 17.2 Å². The van der Waals surface area contributed by atoms with Crippen molar-refractivity contribution in [1.29, 1.82) is 0 Å². The summed E-state index contributed by atoms with van der Waals surface area (Å²) >= 11 is 0. The van der Waals surface area contributed by atoms with Crippen LogP contribution in [-0.2, 0) is 4.79 Å². The second-order valence-electron chi connectivity index (χ2n) is 9.09. The van der Waals surface area contributed by atoms with Crippen LogP contribution in [0, 0.1) is 5.92 Å². The van der Waals surface area contributed by atoms with Gasteiger partial charge in [0.2, 0.25) is 0 Å². The number of amides is 2. The molecule has 2 aromatic rings. The molecule has 1 N–H and O–H groups in total. The zero-order valence-corrected chi connectivity index (χ0v) is 18.8. The number of carbonyl (C=O) groups is 2. The molecule has 4 rings (SSSR count). The molecule has 0 bridgehead atoms. The number of aliphatic imine (C=N–C) groups is 1. The average molecular weight is 422 g/mol. The minimum atomic E-state index is -0.416. The summed E-state index contributed by atoms with van der Waals surface area (Å²) < 4.78 is 1.88. The Labute approximate surface area is 183 Å². The second-order valence-corrected chi connectivity index (χ2v) is 9.09. The predicted molar refractivity (Wildman–Crippen MR) is 121 cm³/mol. The molecular formula is C24H31N5O2. The summed E-state index contributed by atoms with van der Waals surface area (Å²) in [6, 6.07) is 2.09. The van der Waals surface area contributed by atoms with Crippen molar-refractivity contribution in [3.63, 3.8) is 0 Å². The van der Waals surface area contributed by atoms with Gasteiger partial charge in [-0.25, -0.2) is 14.7 Å². The van der Waals surface area contributed by atoms with Crippen LogP contribution in [0.3, 0.4) is 0 Å². The van der Waals surface area contributed by atoms with Crippen molar-refractivity contribution >= 4 is 28.6 Å². The van der Waals surface area contributed by atoms with Crippen LogP contribution in [0.15, 0.2) is 28.9 Å². The Morgan fingerprint density at radius 1 is 1.23 bits per heavy atom. The summed E-state index contributed by atoms with van der Waals surface area (Å²) in [6.07, 6.45) is 9.50. The van der Waals surface area contributed by atoms with E-state index in [1.165, 1.54) is 19.3 Å². The van der Waals surface area contributed by atoms with Crippen molar-refractivity contribution in [3.8, 4) is 0 Å². The number of hydrogen-bond donors (Lipinski definition) is 1. The lowest BCUT2D eigenvalue weighted by molar-refractivity contribution is -0.120. The standard InChI is InChI=1S/C24H31N5O2/c1-14(2)29-22-20(13-26-29)18(11-21(28-22)17-8-6-5-7-9-17)23(30)25-12-19-15(3)10-16(4)27-24(19)31/h10-11,13-14,17,19H,5-9,12H2,1-4H3,(H,25,30). The molecule has 7 nitrogen and oxygen atoms in total. The Morgan fingerprint density at radius 2 is 1.97 bits per heavy atom. The maximum absolute atomic E-state index is 13.3. The predicted octanol–water partition coefficient (Wildman–Crippen LogP) is 4.35. The molecule has 1 atom stereocenters. The number of hydrogen-bond acceptors (Lipinski definition) is 4. The van der Waals surface area contributed by atoms with Gasteiger partial charge in [-0.05, 0) is 52.7 Å². The lowest BCUT2D eigenvalue weighted by atomic mass is 9.86. The van der Waals surface area contributed by atoms with Gasteiger partial charge in [0.15, 0.2) is 5.65 Å². The van der Waals surface area contributed by atoms with Crippen molar-refractivity contribution in [3.05, 3.63) is 35.2 Å². The molecule has 0 aromatic carbocycles.